The maximum atomic E-state index is 6.06. The number of rotatable bonds is 9. The molecule has 1 aliphatic carbocycles. The van der Waals surface area contributed by atoms with Gasteiger partial charge in [-0.05, 0) is 56.7 Å². The van der Waals surface area contributed by atoms with Crippen LogP contribution in [0.3, 0.4) is 0 Å². The van der Waals surface area contributed by atoms with Gasteiger partial charge in [0.15, 0.2) is 11.5 Å². The Bertz CT molecular complexity index is 853. The molecule has 1 aromatic carbocycles. The van der Waals surface area contributed by atoms with Crippen molar-refractivity contribution in [3.05, 3.63) is 30.0 Å². The number of ether oxygens (including phenoxy) is 2. The monoisotopic (exact) mass is 397 g/mol. The van der Waals surface area contributed by atoms with Gasteiger partial charge in [0, 0.05) is 43.7 Å². The fourth-order valence-corrected chi connectivity index (χ4v) is 4.02. The minimum absolute atomic E-state index is 0.550. The summed E-state index contributed by atoms with van der Waals surface area (Å²) in [7, 11) is 3.51. The van der Waals surface area contributed by atoms with E-state index in [4.69, 9.17) is 9.47 Å². The summed E-state index contributed by atoms with van der Waals surface area (Å²) in [6.07, 6.45) is 5.25. The van der Waals surface area contributed by atoms with Crippen molar-refractivity contribution in [3.8, 4) is 11.5 Å². The molecule has 1 spiro atoms. The van der Waals surface area contributed by atoms with Crippen molar-refractivity contribution in [2.24, 2.45) is 5.41 Å². The van der Waals surface area contributed by atoms with Crippen molar-refractivity contribution >= 4 is 17.5 Å². The van der Waals surface area contributed by atoms with Gasteiger partial charge in [0.05, 0.1) is 13.7 Å². The average Bonchev–Trinajstić information content (AvgIpc) is 3.35. The molecule has 2 aliphatic rings. The molecule has 0 atom stereocenters. The summed E-state index contributed by atoms with van der Waals surface area (Å²) in [4.78, 5) is 11.5. The quantitative estimate of drug-likeness (QED) is 0.623. The van der Waals surface area contributed by atoms with E-state index in [1.54, 1.807) is 7.11 Å². The van der Waals surface area contributed by atoms with Crippen molar-refractivity contribution in [2.45, 2.75) is 32.6 Å². The Morgan fingerprint density at radius 2 is 2.00 bits per heavy atom. The van der Waals surface area contributed by atoms with Crippen molar-refractivity contribution < 1.29 is 9.47 Å². The fraction of sp³-hybridized carbons (Fsp3) is 0.545. The number of hydrogen-bond donors (Lipinski definition) is 2. The minimum Gasteiger partial charge on any atom is -0.493 e. The first-order valence-electron chi connectivity index (χ1n) is 10.4. The highest BCUT2D eigenvalue weighted by Gasteiger charge is 2.47. The molecule has 0 unspecified atom stereocenters. The third kappa shape index (κ3) is 4.90. The smallest absolute Gasteiger partial charge is 0.229 e. The molecule has 156 valence electrons. The Morgan fingerprint density at radius 1 is 1.14 bits per heavy atom. The van der Waals surface area contributed by atoms with E-state index in [-0.39, 0.29) is 0 Å². The first kappa shape index (κ1) is 19.8. The van der Waals surface area contributed by atoms with Crippen LogP contribution in [0.2, 0.25) is 0 Å². The molecule has 4 rings (SSSR count). The Labute approximate surface area is 172 Å². The zero-order valence-electron chi connectivity index (χ0n) is 17.6. The number of anilines is 3. The Morgan fingerprint density at radius 3 is 2.72 bits per heavy atom. The highest BCUT2D eigenvalue weighted by atomic mass is 16.5. The number of methoxy groups -OCH3 is 1. The number of nitrogens with zero attached hydrogens (tertiary/aromatic N) is 3. The van der Waals surface area contributed by atoms with Crippen LogP contribution in [0.4, 0.5) is 17.5 Å². The summed E-state index contributed by atoms with van der Waals surface area (Å²) >= 11 is 0. The predicted molar refractivity (Wildman–Crippen MR) is 115 cm³/mol. The molecule has 0 bridgehead atoms. The van der Waals surface area contributed by atoms with Crippen molar-refractivity contribution in [1.82, 2.24) is 14.9 Å². The van der Waals surface area contributed by atoms with Gasteiger partial charge in [-0.1, -0.05) is 0 Å². The largest absolute Gasteiger partial charge is 0.493 e. The first-order valence-corrected chi connectivity index (χ1v) is 10.4. The summed E-state index contributed by atoms with van der Waals surface area (Å²) in [6, 6.07) is 7.69. The standard InChI is InChI=1S/C22H31N5O2/c1-16-13-20(23-2)26-21(24-16)25-17-5-6-18(28-3)19(14-17)29-12-4-10-27-11-9-22(15-27)7-8-22/h5-6,13-14H,4,7-12,15H2,1-3H3,(H2,23,24,25,26). The van der Waals surface area contributed by atoms with Crippen molar-refractivity contribution in [2.75, 3.05) is 51.0 Å². The Kier molecular flexibility index (Phi) is 5.76. The van der Waals surface area contributed by atoms with E-state index in [1.807, 2.05) is 38.2 Å². The van der Waals surface area contributed by atoms with Gasteiger partial charge < -0.3 is 25.0 Å². The molecule has 29 heavy (non-hydrogen) atoms. The maximum Gasteiger partial charge on any atom is 0.229 e. The Balaban J connectivity index is 1.34. The lowest BCUT2D eigenvalue weighted by Gasteiger charge is -2.17. The molecule has 2 heterocycles. The van der Waals surface area contributed by atoms with Crippen LogP contribution in [0.5, 0.6) is 11.5 Å². The Hall–Kier alpha value is -2.54. The van der Waals surface area contributed by atoms with Crippen LogP contribution >= 0.6 is 0 Å². The lowest BCUT2D eigenvalue weighted by atomic mass is 10.1. The summed E-state index contributed by atoms with van der Waals surface area (Å²) in [6.45, 7) is 6.25. The molecule has 7 nitrogen and oxygen atoms in total. The predicted octanol–water partition coefficient (Wildman–Crippen LogP) is 3.83. The van der Waals surface area contributed by atoms with Crippen LogP contribution in [-0.2, 0) is 0 Å². The molecule has 0 amide bonds. The molecule has 0 radical (unpaired) electrons. The zero-order valence-corrected chi connectivity index (χ0v) is 17.6. The molecular weight excluding hydrogens is 366 g/mol. The molecule has 1 aliphatic heterocycles. The van der Waals surface area contributed by atoms with Gasteiger partial charge in [-0.2, -0.15) is 4.98 Å². The third-order valence-electron chi connectivity index (χ3n) is 5.88. The summed E-state index contributed by atoms with van der Waals surface area (Å²) in [5.74, 6) is 2.79. The van der Waals surface area contributed by atoms with E-state index in [0.717, 1.165) is 41.7 Å². The van der Waals surface area contributed by atoms with Gasteiger partial charge in [0.25, 0.3) is 0 Å². The van der Waals surface area contributed by atoms with Gasteiger partial charge in [-0.15, -0.1) is 0 Å². The zero-order chi connectivity index (χ0) is 20.3. The molecule has 7 heteroatoms. The summed E-state index contributed by atoms with van der Waals surface area (Å²) < 4.78 is 11.5. The molecule has 1 saturated heterocycles. The number of hydrogen-bond acceptors (Lipinski definition) is 7. The van der Waals surface area contributed by atoms with Crippen LogP contribution in [-0.4, -0.2) is 55.3 Å². The second-order valence-corrected chi connectivity index (χ2v) is 8.19. The van der Waals surface area contributed by atoms with Gasteiger partial charge in [-0.25, -0.2) is 4.98 Å². The third-order valence-corrected chi connectivity index (χ3v) is 5.88. The van der Waals surface area contributed by atoms with Crippen LogP contribution in [0.15, 0.2) is 24.3 Å². The van der Waals surface area contributed by atoms with Gasteiger partial charge >= 0.3 is 0 Å². The second-order valence-electron chi connectivity index (χ2n) is 8.19. The molecule has 1 aromatic heterocycles. The summed E-state index contributed by atoms with van der Waals surface area (Å²) in [5, 5.41) is 6.31. The lowest BCUT2D eigenvalue weighted by Crippen LogP contribution is -2.23. The number of benzene rings is 1. The van der Waals surface area contributed by atoms with E-state index in [2.05, 4.69) is 25.5 Å². The first-order chi connectivity index (χ1) is 14.1. The molecule has 1 saturated carbocycles. The normalized spacial score (nSPS) is 17.3. The van der Waals surface area contributed by atoms with Gasteiger partial charge in [0.1, 0.15) is 5.82 Å². The van der Waals surface area contributed by atoms with Crippen LogP contribution in [0.1, 0.15) is 31.4 Å². The molecule has 2 N–H and O–H groups in total. The van der Waals surface area contributed by atoms with E-state index in [0.29, 0.717) is 18.0 Å². The van der Waals surface area contributed by atoms with Crippen LogP contribution in [0.25, 0.3) is 0 Å². The highest BCUT2D eigenvalue weighted by Crippen LogP contribution is 2.52. The average molecular weight is 398 g/mol. The number of nitrogens with one attached hydrogen (secondary N) is 2. The second kappa shape index (κ2) is 8.45. The molecular formula is C22H31N5O2. The van der Waals surface area contributed by atoms with Crippen molar-refractivity contribution in [3.63, 3.8) is 0 Å². The topological polar surface area (TPSA) is 71.5 Å². The fourth-order valence-electron chi connectivity index (χ4n) is 4.02. The lowest BCUT2D eigenvalue weighted by molar-refractivity contribution is 0.249. The highest BCUT2D eigenvalue weighted by molar-refractivity contribution is 5.60. The van der Waals surface area contributed by atoms with Gasteiger partial charge in [0.2, 0.25) is 5.95 Å². The summed E-state index contributed by atoms with van der Waals surface area (Å²) in [5.41, 5.74) is 2.45. The van der Waals surface area contributed by atoms with E-state index in [1.165, 1.54) is 32.4 Å². The number of likely N-dealkylation sites (tertiary alicyclic amines) is 1. The number of aryl methyl sites for hydroxylation is 1. The van der Waals surface area contributed by atoms with E-state index in [9.17, 15) is 0 Å². The number of aromatic nitrogens is 2. The van der Waals surface area contributed by atoms with Crippen molar-refractivity contribution in [1.29, 1.82) is 0 Å². The van der Waals surface area contributed by atoms with E-state index < -0.39 is 0 Å². The molecule has 2 aromatic rings. The minimum atomic E-state index is 0.550. The van der Waals surface area contributed by atoms with Crippen LogP contribution < -0.4 is 20.1 Å². The van der Waals surface area contributed by atoms with Crippen LogP contribution in [0, 0.1) is 12.3 Å². The maximum absolute atomic E-state index is 6.06. The van der Waals surface area contributed by atoms with E-state index >= 15 is 0 Å². The molecule has 2 fully saturated rings. The van der Waals surface area contributed by atoms with Gasteiger partial charge in [-0.3, -0.25) is 0 Å². The SMILES string of the molecule is CNc1cc(C)nc(Nc2ccc(OC)c(OCCCN3CCC4(CC4)C3)c2)n1.